The van der Waals surface area contributed by atoms with Crippen LogP contribution in [-0.2, 0) is 11.3 Å². The third kappa shape index (κ3) is 2.89. The Balaban J connectivity index is 2.00. The summed E-state index contributed by atoms with van der Waals surface area (Å²) in [5.41, 5.74) is 5.56. The number of hydrogen-bond acceptors (Lipinski definition) is 3. The first kappa shape index (κ1) is 13.1. The molecule has 0 spiro atoms. The van der Waals surface area contributed by atoms with Crippen molar-refractivity contribution in [3.05, 3.63) is 20.8 Å². The highest BCUT2D eigenvalue weighted by Crippen LogP contribution is 2.29. The number of thiophene rings is 1. The maximum Gasteiger partial charge on any atom is 0.242 e. The van der Waals surface area contributed by atoms with Gasteiger partial charge in [0.1, 0.15) is 0 Å². The summed E-state index contributed by atoms with van der Waals surface area (Å²) in [4.78, 5) is 15.2. The molecular weight excluding hydrogens is 300 g/mol. The minimum Gasteiger partial charge on any atom is -0.339 e. The molecule has 1 fully saturated rings. The molecule has 0 radical (unpaired) electrons. The van der Waals surface area contributed by atoms with E-state index in [9.17, 15) is 4.79 Å². The van der Waals surface area contributed by atoms with Gasteiger partial charge in [-0.2, -0.15) is 0 Å². The second-order valence-electron chi connectivity index (χ2n) is 4.76. The van der Waals surface area contributed by atoms with E-state index in [1.807, 2.05) is 18.5 Å². The van der Waals surface area contributed by atoms with Crippen molar-refractivity contribution in [1.82, 2.24) is 4.90 Å². The number of halogens is 1. The lowest BCUT2D eigenvalue weighted by molar-refractivity contribution is -0.136. The third-order valence-electron chi connectivity index (χ3n) is 3.28. The van der Waals surface area contributed by atoms with Gasteiger partial charge in [-0.25, -0.2) is 0 Å². The lowest BCUT2D eigenvalue weighted by Crippen LogP contribution is -2.52. The summed E-state index contributed by atoms with van der Waals surface area (Å²) in [7, 11) is 1.84. The standard InChI is InChI=1S/C12H17BrN2OS/c1-15(7-10-6-9(13)8-17-10)11(16)12(14)4-2-3-5-12/h6,8H,2-5,7,14H2,1H3. The maximum atomic E-state index is 12.3. The van der Waals surface area contributed by atoms with E-state index in [-0.39, 0.29) is 5.91 Å². The summed E-state index contributed by atoms with van der Waals surface area (Å²) in [6.07, 6.45) is 3.79. The molecule has 0 atom stereocenters. The highest BCUT2D eigenvalue weighted by atomic mass is 79.9. The average molecular weight is 317 g/mol. The number of hydrogen-bond donors (Lipinski definition) is 1. The molecule has 0 saturated heterocycles. The van der Waals surface area contributed by atoms with E-state index in [4.69, 9.17) is 5.73 Å². The molecule has 1 saturated carbocycles. The van der Waals surface area contributed by atoms with Crippen LogP contribution >= 0.6 is 27.3 Å². The van der Waals surface area contributed by atoms with E-state index in [0.717, 1.165) is 30.2 Å². The molecule has 94 valence electrons. The molecule has 3 nitrogen and oxygen atoms in total. The van der Waals surface area contributed by atoms with E-state index >= 15 is 0 Å². The van der Waals surface area contributed by atoms with Crippen molar-refractivity contribution >= 4 is 33.2 Å². The van der Waals surface area contributed by atoms with Crippen LogP contribution in [0.15, 0.2) is 15.9 Å². The molecule has 0 aliphatic heterocycles. The maximum absolute atomic E-state index is 12.3. The summed E-state index contributed by atoms with van der Waals surface area (Å²) in [6, 6.07) is 2.05. The predicted octanol–water partition coefficient (Wildman–Crippen LogP) is 2.74. The number of nitrogens with two attached hydrogens (primary N) is 1. The van der Waals surface area contributed by atoms with Crippen LogP contribution in [0.2, 0.25) is 0 Å². The van der Waals surface area contributed by atoms with Crippen LogP contribution in [0, 0.1) is 0 Å². The molecule has 1 aromatic rings. The fourth-order valence-corrected chi connectivity index (χ4v) is 3.85. The van der Waals surface area contributed by atoms with Crippen LogP contribution < -0.4 is 5.73 Å². The molecule has 5 heteroatoms. The highest BCUT2D eigenvalue weighted by Gasteiger charge is 2.38. The Hall–Kier alpha value is -0.390. The van der Waals surface area contributed by atoms with E-state index in [2.05, 4.69) is 15.9 Å². The van der Waals surface area contributed by atoms with Crippen LogP contribution in [0.5, 0.6) is 0 Å². The van der Waals surface area contributed by atoms with Gasteiger partial charge in [0.15, 0.2) is 0 Å². The van der Waals surface area contributed by atoms with Crippen molar-refractivity contribution < 1.29 is 4.79 Å². The van der Waals surface area contributed by atoms with Crippen molar-refractivity contribution in [3.8, 4) is 0 Å². The van der Waals surface area contributed by atoms with Crippen molar-refractivity contribution in [2.45, 2.75) is 37.8 Å². The van der Waals surface area contributed by atoms with E-state index in [1.165, 1.54) is 4.88 Å². The van der Waals surface area contributed by atoms with Crippen LogP contribution in [0.3, 0.4) is 0 Å². The molecule has 0 aromatic carbocycles. The smallest absolute Gasteiger partial charge is 0.242 e. The van der Waals surface area contributed by atoms with Crippen molar-refractivity contribution in [3.63, 3.8) is 0 Å². The molecule has 1 aliphatic carbocycles. The van der Waals surface area contributed by atoms with Gasteiger partial charge in [0.05, 0.1) is 12.1 Å². The van der Waals surface area contributed by atoms with Gasteiger partial charge in [-0.05, 0) is 34.8 Å². The Morgan fingerprint density at radius 3 is 2.76 bits per heavy atom. The minimum atomic E-state index is -0.608. The first-order valence-corrected chi connectivity index (χ1v) is 7.46. The van der Waals surface area contributed by atoms with E-state index in [1.54, 1.807) is 16.2 Å². The zero-order valence-electron chi connectivity index (χ0n) is 9.91. The van der Waals surface area contributed by atoms with Gasteiger partial charge < -0.3 is 10.6 Å². The summed E-state index contributed by atoms with van der Waals surface area (Å²) in [5.74, 6) is 0.0829. The quantitative estimate of drug-likeness (QED) is 0.932. The molecule has 0 unspecified atom stereocenters. The molecule has 0 bridgehead atoms. The lowest BCUT2D eigenvalue weighted by Gasteiger charge is -2.28. The Kier molecular flexibility index (Phi) is 3.90. The second kappa shape index (κ2) is 5.08. The number of likely N-dealkylation sites (N-methyl/N-ethyl adjacent to an activating group) is 1. The first-order chi connectivity index (χ1) is 8.01. The molecule has 1 heterocycles. The van der Waals surface area contributed by atoms with Gasteiger partial charge in [0.25, 0.3) is 0 Å². The van der Waals surface area contributed by atoms with Crippen LogP contribution in [0.4, 0.5) is 0 Å². The van der Waals surface area contributed by atoms with Crippen LogP contribution in [0.25, 0.3) is 0 Å². The monoisotopic (exact) mass is 316 g/mol. The summed E-state index contributed by atoms with van der Waals surface area (Å²) in [6.45, 7) is 0.647. The second-order valence-corrected chi connectivity index (χ2v) is 6.67. The van der Waals surface area contributed by atoms with Gasteiger partial charge >= 0.3 is 0 Å². The lowest BCUT2D eigenvalue weighted by atomic mass is 9.97. The summed E-state index contributed by atoms with van der Waals surface area (Å²) in [5, 5.41) is 2.03. The normalized spacial score (nSPS) is 18.3. The summed E-state index contributed by atoms with van der Waals surface area (Å²) < 4.78 is 1.07. The Labute approximate surface area is 114 Å². The van der Waals surface area contributed by atoms with E-state index in [0.29, 0.717) is 6.54 Å². The van der Waals surface area contributed by atoms with Gasteiger partial charge in [-0.1, -0.05) is 12.8 Å². The van der Waals surface area contributed by atoms with Gasteiger partial charge in [0, 0.05) is 21.8 Å². The number of carbonyl (C=O) groups excluding carboxylic acids is 1. The number of carbonyl (C=O) groups is 1. The Bertz CT molecular complexity index is 412. The highest BCUT2D eigenvalue weighted by molar-refractivity contribution is 9.10. The third-order valence-corrected chi connectivity index (χ3v) is 4.97. The van der Waals surface area contributed by atoms with E-state index < -0.39 is 5.54 Å². The molecular formula is C12H17BrN2OS. The zero-order chi connectivity index (χ0) is 12.5. The molecule has 2 N–H and O–H groups in total. The molecule has 1 aromatic heterocycles. The zero-order valence-corrected chi connectivity index (χ0v) is 12.3. The van der Waals surface area contributed by atoms with Crippen LogP contribution in [0.1, 0.15) is 30.6 Å². The fourth-order valence-electron chi connectivity index (χ4n) is 2.34. The topological polar surface area (TPSA) is 46.3 Å². The average Bonchev–Trinajstić information content (AvgIpc) is 2.88. The minimum absolute atomic E-state index is 0.0829. The van der Waals surface area contributed by atoms with Crippen molar-refractivity contribution in [1.29, 1.82) is 0 Å². The van der Waals surface area contributed by atoms with Crippen LogP contribution in [-0.4, -0.2) is 23.4 Å². The molecule has 2 rings (SSSR count). The Morgan fingerprint density at radius 1 is 1.59 bits per heavy atom. The van der Waals surface area contributed by atoms with Crippen molar-refractivity contribution in [2.24, 2.45) is 5.73 Å². The van der Waals surface area contributed by atoms with Crippen molar-refractivity contribution in [2.75, 3.05) is 7.05 Å². The number of nitrogens with zero attached hydrogens (tertiary/aromatic N) is 1. The molecule has 1 aliphatic rings. The Morgan fingerprint density at radius 2 is 2.24 bits per heavy atom. The summed E-state index contributed by atoms with van der Waals surface area (Å²) >= 11 is 5.07. The fraction of sp³-hybridized carbons (Fsp3) is 0.583. The predicted molar refractivity (Wildman–Crippen MR) is 73.9 cm³/mol. The number of rotatable bonds is 3. The largest absolute Gasteiger partial charge is 0.339 e. The van der Waals surface area contributed by atoms with Gasteiger partial charge in [-0.15, -0.1) is 11.3 Å². The number of amides is 1. The molecule has 1 amide bonds. The SMILES string of the molecule is CN(Cc1cc(Br)cs1)C(=O)C1(N)CCCC1. The van der Waals surface area contributed by atoms with Gasteiger partial charge in [0.2, 0.25) is 5.91 Å². The van der Waals surface area contributed by atoms with Gasteiger partial charge in [-0.3, -0.25) is 4.79 Å². The first-order valence-electron chi connectivity index (χ1n) is 5.79. The molecule has 17 heavy (non-hydrogen) atoms.